The van der Waals surface area contributed by atoms with Crippen molar-refractivity contribution in [1.82, 2.24) is 9.80 Å². The quantitative estimate of drug-likeness (QED) is 0.346. The van der Waals surface area contributed by atoms with Crippen LogP contribution in [0.2, 0.25) is 0 Å². The Bertz CT molecular complexity index is 634. The normalized spacial score (nSPS) is 17.9. The van der Waals surface area contributed by atoms with E-state index in [0.717, 1.165) is 26.2 Å². The van der Waals surface area contributed by atoms with Crippen LogP contribution in [0.25, 0.3) is 0 Å². The second-order valence-electron chi connectivity index (χ2n) is 7.05. The van der Waals surface area contributed by atoms with Crippen molar-refractivity contribution in [3.63, 3.8) is 0 Å². The zero-order valence-corrected chi connectivity index (χ0v) is 18.7. The Morgan fingerprint density at radius 2 is 1.82 bits per heavy atom. The molecule has 1 fully saturated rings. The van der Waals surface area contributed by atoms with Gasteiger partial charge in [-0.05, 0) is 25.1 Å². The number of para-hydroxylation sites is 2. The minimum atomic E-state index is -4.77. The molecule has 1 aliphatic rings. The molecule has 0 spiro atoms. The van der Waals surface area contributed by atoms with Crippen LogP contribution in [0.1, 0.15) is 13.8 Å². The minimum absolute atomic E-state index is 0. The van der Waals surface area contributed by atoms with Gasteiger partial charge in [-0.25, -0.2) is 0 Å². The SMILES string of the molecule is CC(C)C(CN=C(N)Nc1ccccc1OC(F)(F)F)N1CCN(C)CC1.I. The molecule has 0 aromatic heterocycles. The molecule has 1 aliphatic heterocycles. The molecule has 0 aliphatic carbocycles. The molecule has 160 valence electrons. The van der Waals surface area contributed by atoms with Crippen molar-refractivity contribution in [3.05, 3.63) is 24.3 Å². The number of halogens is 4. The van der Waals surface area contributed by atoms with E-state index in [1.165, 1.54) is 18.2 Å². The third-order valence-electron chi connectivity index (χ3n) is 4.60. The first-order valence-electron chi connectivity index (χ1n) is 9.00. The standard InChI is InChI=1S/C18H28F3N5O.HI/c1-13(2)15(26-10-8-25(3)9-11-26)12-23-17(22)24-14-6-4-5-7-16(14)27-18(19,20)21;/h4-7,13,15H,8-12H2,1-3H3,(H3,22,23,24);1H. The van der Waals surface area contributed by atoms with Gasteiger partial charge in [-0.15, -0.1) is 37.1 Å². The lowest BCUT2D eigenvalue weighted by Crippen LogP contribution is -2.51. The van der Waals surface area contributed by atoms with Crippen LogP contribution in [0.4, 0.5) is 18.9 Å². The number of rotatable bonds is 6. The summed E-state index contributed by atoms with van der Waals surface area (Å²) >= 11 is 0. The average Bonchev–Trinajstić information content (AvgIpc) is 2.57. The molecule has 0 saturated carbocycles. The maximum Gasteiger partial charge on any atom is 0.573 e. The molecule has 10 heteroatoms. The number of hydrogen-bond donors (Lipinski definition) is 2. The highest BCUT2D eigenvalue weighted by atomic mass is 127. The second-order valence-corrected chi connectivity index (χ2v) is 7.05. The van der Waals surface area contributed by atoms with Gasteiger partial charge in [0.2, 0.25) is 0 Å². The van der Waals surface area contributed by atoms with Gasteiger partial charge >= 0.3 is 6.36 Å². The first-order chi connectivity index (χ1) is 12.7. The minimum Gasteiger partial charge on any atom is -0.404 e. The van der Waals surface area contributed by atoms with E-state index in [1.54, 1.807) is 6.07 Å². The van der Waals surface area contributed by atoms with E-state index in [-0.39, 0.29) is 47.4 Å². The van der Waals surface area contributed by atoms with Crippen LogP contribution in [-0.2, 0) is 0 Å². The number of alkyl halides is 3. The van der Waals surface area contributed by atoms with Gasteiger partial charge in [0.25, 0.3) is 0 Å². The van der Waals surface area contributed by atoms with E-state index >= 15 is 0 Å². The number of likely N-dealkylation sites (N-methyl/N-ethyl adjacent to an activating group) is 1. The van der Waals surface area contributed by atoms with Crippen molar-refractivity contribution >= 4 is 35.6 Å². The monoisotopic (exact) mass is 515 g/mol. The molecule has 0 radical (unpaired) electrons. The van der Waals surface area contributed by atoms with E-state index in [9.17, 15) is 13.2 Å². The summed E-state index contributed by atoms with van der Waals surface area (Å²) in [6.45, 7) is 8.67. The number of nitrogens with two attached hydrogens (primary N) is 1. The number of piperazine rings is 1. The molecule has 2 rings (SSSR count). The molecule has 1 aromatic carbocycles. The molecular weight excluding hydrogens is 486 g/mol. The Labute approximate surface area is 181 Å². The van der Waals surface area contributed by atoms with E-state index < -0.39 is 6.36 Å². The zero-order valence-electron chi connectivity index (χ0n) is 16.4. The predicted octanol–water partition coefficient (Wildman–Crippen LogP) is 3.20. The van der Waals surface area contributed by atoms with Gasteiger partial charge < -0.3 is 20.7 Å². The van der Waals surface area contributed by atoms with Gasteiger partial charge in [0, 0.05) is 32.2 Å². The van der Waals surface area contributed by atoms with Crippen molar-refractivity contribution in [2.75, 3.05) is 45.1 Å². The summed E-state index contributed by atoms with van der Waals surface area (Å²) in [5.41, 5.74) is 6.04. The summed E-state index contributed by atoms with van der Waals surface area (Å²) in [6, 6.07) is 5.97. The molecule has 1 aromatic rings. The van der Waals surface area contributed by atoms with Crippen molar-refractivity contribution in [1.29, 1.82) is 0 Å². The highest BCUT2D eigenvalue weighted by Crippen LogP contribution is 2.29. The summed E-state index contributed by atoms with van der Waals surface area (Å²) in [5.74, 6) is 0.0986. The van der Waals surface area contributed by atoms with Crippen molar-refractivity contribution in [2.45, 2.75) is 26.3 Å². The molecule has 6 nitrogen and oxygen atoms in total. The molecular formula is C18H29F3IN5O. The largest absolute Gasteiger partial charge is 0.573 e. The number of nitrogens with one attached hydrogen (secondary N) is 1. The average molecular weight is 515 g/mol. The first kappa shape index (κ1) is 24.8. The maximum absolute atomic E-state index is 12.5. The second kappa shape index (κ2) is 11.1. The third-order valence-corrected chi connectivity index (χ3v) is 4.60. The molecule has 0 bridgehead atoms. The topological polar surface area (TPSA) is 66.1 Å². The van der Waals surface area contributed by atoms with E-state index in [4.69, 9.17) is 5.73 Å². The number of aliphatic imine (C=N–C) groups is 1. The van der Waals surface area contributed by atoms with Crippen molar-refractivity contribution in [2.24, 2.45) is 16.6 Å². The lowest BCUT2D eigenvalue weighted by atomic mass is 10.0. The van der Waals surface area contributed by atoms with E-state index in [0.29, 0.717) is 12.5 Å². The summed E-state index contributed by atoms with van der Waals surface area (Å²) in [6.07, 6.45) is -4.77. The fourth-order valence-corrected chi connectivity index (χ4v) is 3.05. The summed E-state index contributed by atoms with van der Waals surface area (Å²) < 4.78 is 41.6. The van der Waals surface area contributed by atoms with Crippen molar-refractivity contribution < 1.29 is 17.9 Å². The lowest BCUT2D eigenvalue weighted by Gasteiger charge is -2.39. The van der Waals surface area contributed by atoms with Crippen LogP contribution in [0.15, 0.2) is 29.3 Å². The van der Waals surface area contributed by atoms with Gasteiger partial charge in [-0.2, -0.15) is 0 Å². The van der Waals surface area contributed by atoms with Gasteiger partial charge in [0.05, 0.1) is 12.2 Å². The van der Waals surface area contributed by atoms with Gasteiger partial charge in [0.15, 0.2) is 11.7 Å². The number of anilines is 1. The summed E-state index contributed by atoms with van der Waals surface area (Å²) in [4.78, 5) is 9.04. The van der Waals surface area contributed by atoms with Crippen LogP contribution in [0.3, 0.4) is 0 Å². The van der Waals surface area contributed by atoms with E-state index in [1.807, 2.05) is 0 Å². The highest BCUT2D eigenvalue weighted by Gasteiger charge is 2.32. The van der Waals surface area contributed by atoms with Crippen LogP contribution in [0, 0.1) is 5.92 Å². The third kappa shape index (κ3) is 8.00. The molecule has 1 atom stereocenters. The van der Waals surface area contributed by atoms with Crippen LogP contribution < -0.4 is 15.8 Å². The summed E-state index contributed by atoms with van der Waals surface area (Å²) in [7, 11) is 2.10. The van der Waals surface area contributed by atoms with Crippen molar-refractivity contribution in [3.8, 4) is 5.75 Å². The lowest BCUT2D eigenvalue weighted by molar-refractivity contribution is -0.274. The zero-order chi connectivity index (χ0) is 20.0. The highest BCUT2D eigenvalue weighted by molar-refractivity contribution is 14.0. The molecule has 1 unspecified atom stereocenters. The number of ether oxygens (including phenoxy) is 1. The number of hydrogen-bond acceptors (Lipinski definition) is 4. The van der Waals surface area contributed by atoms with Crippen LogP contribution in [-0.4, -0.2) is 67.9 Å². The molecule has 1 heterocycles. The Hall–Kier alpha value is -1.27. The fourth-order valence-electron chi connectivity index (χ4n) is 3.05. The first-order valence-corrected chi connectivity index (χ1v) is 9.00. The number of nitrogens with zero attached hydrogens (tertiary/aromatic N) is 3. The molecule has 28 heavy (non-hydrogen) atoms. The van der Waals surface area contributed by atoms with Gasteiger partial charge in [-0.3, -0.25) is 9.89 Å². The van der Waals surface area contributed by atoms with Gasteiger partial charge in [-0.1, -0.05) is 26.0 Å². The molecule has 0 amide bonds. The Morgan fingerprint density at radius 1 is 1.21 bits per heavy atom. The van der Waals surface area contributed by atoms with E-state index in [2.05, 4.69) is 45.7 Å². The van der Waals surface area contributed by atoms with Crippen LogP contribution >= 0.6 is 24.0 Å². The maximum atomic E-state index is 12.5. The Morgan fingerprint density at radius 3 is 2.39 bits per heavy atom. The summed E-state index contributed by atoms with van der Waals surface area (Å²) in [5, 5.41) is 2.71. The fraction of sp³-hybridized carbons (Fsp3) is 0.611. The predicted molar refractivity (Wildman–Crippen MR) is 116 cm³/mol. The Kier molecular flexibility index (Phi) is 9.78. The Balaban J connectivity index is 0.00000392. The number of benzene rings is 1. The molecule has 3 N–H and O–H groups in total. The molecule has 1 saturated heterocycles. The number of guanidine groups is 1. The van der Waals surface area contributed by atoms with Crippen LogP contribution in [0.5, 0.6) is 5.75 Å². The smallest absolute Gasteiger partial charge is 0.404 e. The van der Waals surface area contributed by atoms with Gasteiger partial charge in [0.1, 0.15) is 0 Å².